The van der Waals surface area contributed by atoms with Gasteiger partial charge in [0.15, 0.2) is 0 Å². The van der Waals surface area contributed by atoms with Crippen molar-refractivity contribution in [2.75, 3.05) is 39.3 Å². The zero-order valence-corrected chi connectivity index (χ0v) is 11.2. The third-order valence-electron chi connectivity index (χ3n) is 5.01. The van der Waals surface area contributed by atoms with Crippen LogP contribution in [0.15, 0.2) is 0 Å². The minimum absolute atomic E-state index is 0.775. The molecule has 0 bridgehead atoms. The summed E-state index contributed by atoms with van der Waals surface area (Å²) in [6, 6.07) is 1.65. The SMILES string of the molecule is CC1CN2CCCCC2CN1CCC1CNC1. The topological polar surface area (TPSA) is 18.5 Å². The number of piperazine rings is 1. The van der Waals surface area contributed by atoms with Crippen LogP contribution in [-0.2, 0) is 0 Å². The average molecular weight is 237 g/mol. The number of piperidine rings is 1. The van der Waals surface area contributed by atoms with Crippen LogP contribution in [0.2, 0.25) is 0 Å². The van der Waals surface area contributed by atoms with Crippen molar-refractivity contribution in [3.8, 4) is 0 Å². The molecule has 3 saturated heterocycles. The first-order valence-electron chi connectivity index (χ1n) is 7.52. The highest BCUT2D eigenvalue weighted by Gasteiger charge is 2.33. The van der Waals surface area contributed by atoms with Gasteiger partial charge in [-0.2, -0.15) is 0 Å². The van der Waals surface area contributed by atoms with Crippen LogP contribution >= 0.6 is 0 Å². The highest BCUT2D eigenvalue weighted by molar-refractivity contribution is 4.89. The van der Waals surface area contributed by atoms with Crippen LogP contribution < -0.4 is 5.32 Å². The summed E-state index contributed by atoms with van der Waals surface area (Å²) in [4.78, 5) is 5.50. The molecule has 3 fully saturated rings. The molecule has 1 N–H and O–H groups in total. The maximum absolute atomic E-state index is 3.38. The molecule has 2 atom stereocenters. The highest BCUT2D eigenvalue weighted by Crippen LogP contribution is 2.24. The molecule has 3 aliphatic rings. The van der Waals surface area contributed by atoms with Crippen molar-refractivity contribution in [1.82, 2.24) is 15.1 Å². The molecule has 3 nitrogen and oxygen atoms in total. The lowest BCUT2D eigenvalue weighted by molar-refractivity contribution is 0.0117. The number of fused-ring (bicyclic) bond motifs is 1. The average Bonchev–Trinajstić information content (AvgIpc) is 2.27. The van der Waals surface area contributed by atoms with Gasteiger partial charge < -0.3 is 5.32 Å². The smallest absolute Gasteiger partial charge is 0.0223 e. The summed E-state index contributed by atoms with van der Waals surface area (Å²) in [6.07, 6.45) is 5.73. The fraction of sp³-hybridized carbons (Fsp3) is 1.00. The Hall–Kier alpha value is -0.120. The van der Waals surface area contributed by atoms with Crippen LogP contribution in [0.3, 0.4) is 0 Å². The van der Waals surface area contributed by atoms with Crippen LogP contribution in [-0.4, -0.2) is 61.2 Å². The summed E-state index contributed by atoms with van der Waals surface area (Å²) < 4.78 is 0. The van der Waals surface area contributed by atoms with Gasteiger partial charge in [-0.3, -0.25) is 9.80 Å². The molecular weight excluding hydrogens is 210 g/mol. The molecular formula is C14H27N3. The van der Waals surface area contributed by atoms with Gasteiger partial charge in [0.2, 0.25) is 0 Å². The van der Waals surface area contributed by atoms with Crippen molar-refractivity contribution < 1.29 is 0 Å². The van der Waals surface area contributed by atoms with E-state index in [1.807, 2.05) is 0 Å². The molecule has 17 heavy (non-hydrogen) atoms. The van der Waals surface area contributed by atoms with Gasteiger partial charge in [-0.1, -0.05) is 6.42 Å². The Bertz CT molecular complexity index is 252. The predicted molar refractivity (Wildman–Crippen MR) is 71.2 cm³/mol. The fourth-order valence-corrected chi connectivity index (χ4v) is 3.63. The maximum Gasteiger partial charge on any atom is 0.0223 e. The van der Waals surface area contributed by atoms with E-state index in [1.165, 1.54) is 65.0 Å². The van der Waals surface area contributed by atoms with Crippen molar-refractivity contribution in [3.63, 3.8) is 0 Å². The summed E-state index contributed by atoms with van der Waals surface area (Å²) in [7, 11) is 0. The van der Waals surface area contributed by atoms with E-state index in [1.54, 1.807) is 0 Å². The van der Waals surface area contributed by atoms with Gasteiger partial charge in [-0.15, -0.1) is 0 Å². The first-order chi connectivity index (χ1) is 8.33. The number of hydrogen-bond donors (Lipinski definition) is 1. The number of hydrogen-bond acceptors (Lipinski definition) is 3. The molecule has 0 radical (unpaired) electrons. The van der Waals surface area contributed by atoms with Gasteiger partial charge in [0.05, 0.1) is 0 Å². The van der Waals surface area contributed by atoms with E-state index in [0.29, 0.717) is 0 Å². The van der Waals surface area contributed by atoms with Gasteiger partial charge in [-0.25, -0.2) is 0 Å². The molecule has 0 saturated carbocycles. The van der Waals surface area contributed by atoms with Crippen molar-refractivity contribution >= 4 is 0 Å². The molecule has 0 spiro atoms. The molecule has 3 aliphatic heterocycles. The zero-order chi connectivity index (χ0) is 11.7. The summed E-state index contributed by atoms with van der Waals surface area (Å²) >= 11 is 0. The maximum atomic E-state index is 3.38. The second-order valence-electron chi connectivity index (χ2n) is 6.30. The van der Waals surface area contributed by atoms with Crippen molar-refractivity contribution in [1.29, 1.82) is 0 Å². The number of rotatable bonds is 3. The lowest BCUT2D eigenvalue weighted by Gasteiger charge is -2.48. The van der Waals surface area contributed by atoms with Gasteiger partial charge in [0.25, 0.3) is 0 Å². The molecule has 2 unspecified atom stereocenters. The molecule has 0 amide bonds. The second kappa shape index (κ2) is 5.25. The first-order valence-corrected chi connectivity index (χ1v) is 7.52. The lowest BCUT2D eigenvalue weighted by Crippen LogP contribution is -2.59. The molecule has 0 aromatic carbocycles. The molecule has 3 heteroatoms. The van der Waals surface area contributed by atoms with Crippen LogP contribution in [0, 0.1) is 5.92 Å². The highest BCUT2D eigenvalue weighted by atomic mass is 15.3. The summed E-state index contributed by atoms with van der Waals surface area (Å²) in [6.45, 7) is 10.3. The van der Waals surface area contributed by atoms with Crippen molar-refractivity contribution in [3.05, 3.63) is 0 Å². The van der Waals surface area contributed by atoms with Gasteiger partial charge in [0, 0.05) is 25.2 Å². The summed E-state index contributed by atoms with van der Waals surface area (Å²) in [5, 5.41) is 3.38. The summed E-state index contributed by atoms with van der Waals surface area (Å²) in [5.74, 6) is 0.964. The van der Waals surface area contributed by atoms with Crippen LogP contribution in [0.1, 0.15) is 32.6 Å². The number of nitrogens with one attached hydrogen (secondary N) is 1. The molecule has 0 aromatic heterocycles. The third kappa shape index (κ3) is 2.67. The normalized spacial score (nSPS) is 36.5. The lowest BCUT2D eigenvalue weighted by atomic mass is 9.95. The van der Waals surface area contributed by atoms with E-state index >= 15 is 0 Å². The van der Waals surface area contributed by atoms with Gasteiger partial charge in [0.1, 0.15) is 0 Å². The van der Waals surface area contributed by atoms with E-state index in [2.05, 4.69) is 22.0 Å². The Kier molecular flexibility index (Phi) is 3.69. The van der Waals surface area contributed by atoms with Crippen LogP contribution in [0.5, 0.6) is 0 Å². The van der Waals surface area contributed by atoms with Crippen molar-refractivity contribution in [2.45, 2.75) is 44.7 Å². The van der Waals surface area contributed by atoms with E-state index in [9.17, 15) is 0 Å². The fourth-order valence-electron chi connectivity index (χ4n) is 3.63. The van der Waals surface area contributed by atoms with Gasteiger partial charge in [-0.05, 0) is 58.3 Å². The first kappa shape index (κ1) is 11.9. The molecule has 98 valence electrons. The molecule has 0 aliphatic carbocycles. The Morgan fingerprint density at radius 2 is 2.06 bits per heavy atom. The van der Waals surface area contributed by atoms with Gasteiger partial charge >= 0.3 is 0 Å². The quantitative estimate of drug-likeness (QED) is 0.794. The molecule has 0 aromatic rings. The van der Waals surface area contributed by atoms with E-state index in [-0.39, 0.29) is 0 Å². The predicted octanol–water partition coefficient (Wildman–Crippen LogP) is 1.15. The molecule has 3 heterocycles. The summed E-state index contributed by atoms with van der Waals surface area (Å²) in [5.41, 5.74) is 0. The standard InChI is InChI=1S/C14H27N3/c1-12-10-17-6-3-2-4-14(17)11-16(12)7-5-13-8-15-9-13/h12-15H,2-11H2,1H3. The third-order valence-corrected chi connectivity index (χ3v) is 5.01. The van der Waals surface area contributed by atoms with Crippen LogP contribution in [0.25, 0.3) is 0 Å². The van der Waals surface area contributed by atoms with Crippen LogP contribution in [0.4, 0.5) is 0 Å². The van der Waals surface area contributed by atoms with E-state index < -0.39 is 0 Å². The largest absolute Gasteiger partial charge is 0.316 e. The Morgan fingerprint density at radius 3 is 2.82 bits per heavy atom. The van der Waals surface area contributed by atoms with E-state index in [4.69, 9.17) is 0 Å². The minimum Gasteiger partial charge on any atom is -0.316 e. The minimum atomic E-state index is 0.775. The van der Waals surface area contributed by atoms with E-state index in [0.717, 1.165) is 18.0 Å². The monoisotopic (exact) mass is 237 g/mol. The van der Waals surface area contributed by atoms with Crippen molar-refractivity contribution in [2.24, 2.45) is 5.92 Å². The number of nitrogens with zero attached hydrogens (tertiary/aromatic N) is 2. The zero-order valence-electron chi connectivity index (χ0n) is 11.2. The molecule has 3 rings (SSSR count). The Labute approximate surface area is 106 Å². The Morgan fingerprint density at radius 1 is 1.18 bits per heavy atom. The second-order valence-corrected chi connectivity index (χ2v) is 6.30. The Balaban J connectivity index is 1.49.